The van der Waals surface area contributed by atoms with Crippen molar-refractivity contribution in [3.05, 3.63) is 24.0 Å². The van der Waals surface area contributed by atoms with Gasteiger partial charge in [0.25, 0.3) is 0 Å². The SMILES string of the molecule is CS(=O)(=O)c1cccnc1C=O. The predicted molar refractivity (Wildman–Crippen MR) is 42.7 cm³/mol. The van der Waals surface area contributed by atoms with Crippen LogP contribution in [-0.4, -0.2) is 25.9 Å². The zero-order valence-corrected chi connectivity index (χ0v) is 7.21. The molecule has 0 N–H and O–H groups in total. The van der Waals surface area contributed by atoms with Gasteiger partial charge >= 0.3 is 0 Å². The summed E-state index contributed by atoms with van der Waals surface area (Å²) in [4.78, 5) is 13.9. The molecule has 0 aliphatic carbocycles. The van der Waals surface area contributed by atoms with Gasteiger partial charge in [0, 0.05) is 12.5 Å². The summed E-state index contributed by atoms with van der Waals surface area (Å²) in [6.07, 6.45) is 2.84. The maximum absolute atomic E-state index is 11.0. The van der Waals surface area contributed by atoms with Crippen LogP contribution in [0.5, 0.6) is 0 Å². The number of carbonyl (C=O) groups is 1. The molecule has 0 fully saturated rings. The third-order valence-corrected chi connectivity index (χ3v) is 2.46. The molecular formula is C7H7NO3S. The molecule has 1 heterocycles. The van der Waals surface area contributed by atoms with Crippen LogP contribution in [0, 0.1) is 0 Å². The van der Waals surface area contributed by atoms with Gasteiger partial charge in [-0.05, 0) is 12.1 Å². The van der Waals surface area contributed by atoms with E-state index in [1.165, 1.54) is 18.3 Å². The van der Waals surface area contributed by atoms with E-state index in [0.717, 1.165) is 6.26 Å². The fourth-order valence-electron chi connectivity index (χ4n) is 0.805. The minimum Gasteiger partial charge on any atom is -0.296 e. The van der Waals surface area contributed by atoms with Crippen LogP contribution in [-0.2, 0) is 9.84 Å². The number of aldehydes is 1. The Morgan fingerprint density at radius 1 is 1.50 bits per heavy atom. The first kappa shape index (κ1) is 8.86. The van der Waals surface area contributed by atoms with Gasteiger partial charge in [-0.2, -0.15) is 0 Å². The maximum Gasteiger partial charge on any atom is 0.177 e. The van der Waals surface area contributed by atoms with Crippen LogP contribution in [0.25, 0.3) is 0 Å². The van der Waals surface area contributed by atoms with Crippen molar-refractivity contribution >= 4 is 16.1 Å². The van der Waals surface area contributed by atoms with Gasteiger partial charge < -0.3 is 0 Å². The summed E-state index contributed by atoms with van der Waals surface area (Å²) in [7, 11) is -3.34. The summed E-state index contributed by atoms with van der Waals surface area (Å²) in [6, 6.07) is 2.83. The Hall–Kier alpha value is -1.23. The van der Waals surface area contributed by atoms with Crippen LogP contribution in [0.3, 0.4) is 0 Å². The fraction of sp³-hybridized carbons (Fsp3) is 0.143. The van der Waals surface area contributed by atoms with Gasteiger partial charge in [0.2, 0.25) is 0 Å². The number of rotatable bonds is 2. The van der Waals surface area contributed by atoms with Crippen molar-refractivity contribution in [3.63, 3.8) is 0 Å². The van der Waals surface area contributed by atoms with E-state index in [-0.39, 0.29) is 10.6 Å². The smallest absolute Gasteiger partial charge is 0.177 e. The lowest BCUT2D eigenvalue weighted by molar-refractivity contribution is 0.111. The van der Waals surface area contributed by atoms with E-state index in [4.69, 9.17) is 0 Å². The molecule has 0 aliphatic heterocycles. The maximum atomic E-state index is 11.0. The average Bonchev–Trinajstić information content (AvgIpc) is 2.03. The van der Waals surface area contributed by atoms with E-state index in [1.54, 1.807) is 0 Å². The summed E-state index contributed by atoms with van der Waals surface area (Å²) in [5, 5.41) is 0. The highest BCUT2D eigenvalue weighted by molar-refractivity contribution is 7.90. The monoisotopic (exact) mass is 185 g/mol. The first-order valence-electron chi connectivity index (χ1n) is 3.16. The molecule has 0 spiro atoms. The van der Waals surface area contributed by atoms with E-state index in [2.05, 4.69) is 4.98 Å². The lowest BCUT2D eigenvalue weighted by atomic mass is 10.4. The van der Waals surface area contributed by atoms with Crippen molar-refractivity contribution in [2.24, 2.45) is 0 Å². The molecule has 0 radical (unpaired) electrons. The molecule has 0 bridgehead atoms. The van der Waals surface area contributed by atoms with Crippen LogP contribution in [0.2, 0.25) is 0 Å². The summed E-state index contributed by atoms with van der Waals surface area (Å²) in [5.74, 6) is 0. The molecule has 0 atom stereocenters. The molecule has 0 aliphatic rings. The highest BCUT2D eigenvalue weighted by Gasteiger charge is 2.12. The minimum absolute atomic E-state index is 0.0278. The van der Waals surface area contributed by atoms with Crippen LogP contribution >= 0.6 is 0 Å². The van der Waals surface area contributed by atoms with E-state index >= 15 is 0 Å². The van der Waals surface area contributed by atoms with E-state index in [0.29, 0.717) is 6.29 Å². The number of sulfone groups is 1. The van der Waals surface area contributed by atoms with Crippen LogP contribution in [0.1, 0.15) is 10.5 Å². The predicted octanol–water partition coefficient (Wildman–Crippen LogP) is 0.298. The minimum atomic E-state index is -3.34. The topological polar surface area (TPSA) is 64.1 Å². The number of pyridine rings is 1. The fourth-order valence-corrected chi connectivity index (χ4v) is 1.61. The summed E-state index contributed by atoms with van der Waals surface area (Å²) < 4.78 is 22.0. The summed E-state index contributed by atoms with van der Waals surface area (Å²) in [5.41, 5.74) is -0.0417. The van der Waals surface area contributed by atoms with Gasteiger partial charge in [0.1, 0.15) is 5.69 Å². The first-order valence-corrected chi connectivity index (χ1v) is 5.05. The Bertz CT molecular complexity index is 397. The van der Waals surface area contributed by atoms with Crippen molar-refractivity contribution in [3.8, 4) is 0 Å². The molecule has 0 saturated heterocycles. The molecule has 1 aromatic rings. The second kappa shape index (κ2) is 3.02. The largest absolute Gasteiger partial charge is 0.296 e. The van der Waals surface area contributed by atoms with E-state index in [1.807, 2.05) is 0 Å². The van der Waals surface area contributed by atoms with Gasteiger partial charge in [0.15, 0.2) is 16.1 Å². The van der Waals surface area contributed by atoms with Crippen molar-refractivity contribution < 1.29 is 13.2 Å². The van der Waals surface area contributed by atoms with E-state index in [9.17, 15) is 13.2 Å². The Morgan fingerprint density at radius 3 is 2.58 bits per heavy atom. The molecule has 5 heteroatoms. The zero-order valence-electron chi connectivity index (χ0n) is 6.39. The lowest BCUT2D eigenvalue weighted by Crippen LogP contribution is -2.03. The lowest BCUT2D eigenvalue weighted by Gasteiger charge is -1.98. The number of hydrogen-bond donors (Lipinski definition) is 0. The first-order chi connectivity index (χ1) is 5.55. The molecule has 0 aromatic carbocycles. The van der Waals surface area contributed by atoms with Gasteiger partial charge in [0.05, 0.1) is 4.90 Å². The zero-order chi connectivity index (χ0) is 9.19. The molecule has 0 unspecified atom stereocenters. The van der Waals surface area contributed by atoms with Gasteiger partial charge in [-0.1, -0.05) is 0 Å². The second-order valence-corrected chi connectivity index (χ2v) is 4.26. The number of hydrogen-bond acceptors (Lipinski definition) is 4. The molecule has 1 rings (SSSR count). The van der Waals surface area contributed by atoms with Gasteiger partial charge in [-0.3, -0.25) is 9.78 Å². The number of aromatic nitrogens is 1. The summed E-state index contributed by atoms with van der Waals surface area (Å²) >= 11 is 0. The highest BCUT2D eigenvalue weighted by atomic mass is 32.2. The third kappa shape index (κ3) is 1.68. The third-order valence-electron chi connectivity index (χ3n) is 1.31. The Labute approximate surface area is 70.2 Å². The summed E-state index contributed by atoms with van der Waals surface area (Å²) in [6.45, 7) is 0. The van der Waals surface area contributed by atoms with Crippen LogP contribution in [0.15, 0.2) is 23.2 Å². The normalized spacial score (nSPS) is 11.1. The molecule has 64 valence electrons. The quantitative estimate of drug-likeness (QED) is 0.621. The van der Waals surface area contributed by atoms with Crippen molar-refractivity contribution in [2.75, 3.05) is 6.26 Å². The molecule has 12 heavy (non-hydrogen) atoms. The second-order valence-electron chi connectivity index (χ2n) is 2.28. The van der Waals surface area contributed by atoms with Gasteiger partial charge in [-0.25, -0.2) is 8.42 Å². The van der Waals surface area contributed by atoms with Crippen molar-refractivity contribution in [1.82, 2.24) is 4.98 Å². The van der Waals surface area contributed by atoms with Gasteiger partial charge in [-0.15, -0.1) is 0 Å². The average molecular weight is 185 g/mol. The Kier molecular flexibility index (Phi) is 2.23. The molecule has 0 amide bonds. The molecule has 1 aromatic heterocycles. The molecular weight excluding hydrogens is 178 g/mol. The Morgan fingerprint density at radius 2 is 2.17 bits per heavy atom. The highest BCUT2D eigenvalue weighted by Crippen LogP contribution is 2.09. The van der Waals surface area contributed by atoms with Crippen molar-refractivity contribution in [1.29, 1.82) is 0 Å². The Balaban J connectivity index is 3.43. The number of carbonyl (C=O) groups excluding carboxylic acids is 1. The van der Waals surface area contributed by atoms with Crippen molar-refractivity contribution in [2.45, 2.75) is 4.90 Å². The van der Waals surface area contributed by atoms with E-state index < -0.39 is 9.84 Å². The van der Waals surface area contributed by atoms with Crippen LogP contribution in [0.4, 0.5) is 0 Å². The molecule has 0 saturated carbocycles. The van der Waals surface area contributed by atoms with Crippen LogP contribution < -0.4 is 0 Å². The standard InChI is InChI=1S/C7H7NO3S/c1-12(10,11)7-3-2-4-8-6(7)5-9/h2-5H,1H3. The number of nitrogens with zero attached hydrogens (tertiary/aromatic N) is 1. The molecule has 4 nitrogen and oxygen atoms in total.